The van der Waals surface area contributed by atoms with Crippen molar-refractivity contribution in [2.24, 2.45) is 0 Å². The minimum Gasteiger partial charge on any atom is -0.457 e. The number of nitrogens with one attached hydrogen (secondary N) is 2. The van der Waals surface area contributed by atoms with Gasteiger partial charge in [0.25, 0.3) is 0 Å². The number of hydrogen-bond donors (Lipinski definition) is 3. The Morgan fingerprint density at radius 3 is 2.43 bits per heavy atom. The number of carbonyl (C=O) groups is 1. The zero-order valence-corrected chi connectivity index (χ0v) is 12.9. The van der Waals surface area contributed by atoms with Crippen molar-refractivity contribution >= 4 is 34.8 Å². The van der Waals surface area contributed by atoms with E-state index in [-0.39, 0.29) is 10.9 Å². The van der Waals surface area contributed by atoms with E-state index in [9.17, 15) is 9.18 Å². The largest absolute Gasteiger partial charge is 0.457 e. The lowest BCUT2D eigenvalue weighted by Crippen LogP contribution is -2.34. The Balaban J connectivity index is 2.04. The molecule has 2 aromatic rings. The normalized spacial score (nSPS) is 9.83. The van der Waals surface area contributed by atoms with Crippen LogP contribution in [0.3, 0.4) is 0 Å². The van der Waals surface area contributed by atoms with Crippen molar-refractivity contribution in [1.82, 2.24) is 5.32 Å². The monoisotopic (exact) mass is 335 g/mol. The summed E-state index contributed by atoms with van der Waals surface area (Å²) in [6, 6.07) is 10.5. The van der Waals surface area contributed by atoms with Crippen molar-refractivity contribution in [3.05, 3.63) is 48.3 Å². The molecule has 0 radical (unpaired) electrons. The second-order valence-corrected chi connectivity index (χ2v) is 4.78. The summed E-state index contributed by atoms with van der Waals surface area (Å²) in [6.07, 6.45) is -0.683. The number of hydrogen-bond acceptors (Lipinski definition) is 5. The summed E-state index contributed by atoms with van der Waals surface area (Å²) in [4.78, 5) is 11.0. The lowest BCUT2D eigenvalue weighted by molar-refractivity contribution is 0.177. The zero-order chi connectivity index (χ0) is 16.8. The van der Waals surface area contributed by atoms with Gasteiger partial charge in [-0.1, -0.05) is 0 Å². The predicted molar refractivity (Wildman–Crippen MR) is 89.1 cm³/mol. The third kappa shape index (κ3) is 4.82. The number of carbonyl (C=O) groups excluding carboxylic acids is 1. The van der Waals surface area contributed by atoms with Crippen LogP contribution in [0.25, 0.3) is 0 Å². The van der Waals surface area contributed by atoms with Gasteiger partial charge >= 0.3 is 6.09 Å². The molecule has 1 amide bonds. The average molecular weight is 335 g/mol. The Morgan fingerprint density at radius 1 is 1.17 bits per heavy atom. The molecule has 0 heterocycles. The summed E-state index contributed by atoms with van der Waals surface area (Å²) in [5.74, 6) is 0.615. The Kier molecular flexibility index (Phi) is 5.32. The number of benzene rings is 2. The van der Waals surface area contributed by atoms with Gasteiger partial charge in [0.2, 0.25) is 0 Å². The Bertz CT molecular complexity index is 722. The highest BCUT2D eigenvalue weighted by Gasteiger charge is 2.07. The van der Waals surface area contributed by atoms with Crippen LogP contribution in [0.15, 0.2) is 42.5 Å². The van der Waals surface area contributed by atoms with E-state index >= 15 is 0 Å². The number of ether oxygens (including phenoxy) is 2. The number of nitrogen functional groups attached to an aromatic ring is 1. The smallest absolute Gasteiger partial charge is 0.413 e. The fraction of sp³-hybridized carbons (Fsp3) is 0.0667. The molecular weight excluding hydrogens is 321 g/mol. The third-order valence-corrected chi connectivity index (χ3v) is 2.93. The molecule has 0 aliphatic carbocycles. The number of anilines is 2. The maximum absolute atomic E-state index is 12.8. The van der Waals surface area contributed by atoms with Crippen LogP contribution in [-0.2, 0) is 4.74 Å². The van der Waals surface area contributed by atoms with Crippen LogP contribution in [0.1, 0.15) is 0 Å². The van der Waals surface area contributed by atoms with Crippen LogP contribution in [0, 0.1) is 5.82 Å². The summed E-state index contributed by atoms with van der Waals surface area (Å²) in [5, 5.41) is 5.12. The fourth-order valence-corrected chi connectivity index (χ4v) is 1.85. The first-order chi connectivity index (χ1) is 11.0. The average Bonchev–Trinajstić information content (AvgIpc) is 2.52. The number of thiocarbonyl (C=S) groups is 1. The van der Waals surface area contributed by atoms with Crippen LogP contribution < -0.4 is 21.1 Å². The molecule has 0 spiro atoms. The van der Waals surface area contributed by atoms with Crippen molar-refractivity contribution in [2.45, 2.75) is 0 Å². The second-order valence-electron chi connectivity index (χ2n) is 4.38. The van der Waals surface area contributed by atoms with E-state index in [1.165, 1.54) is 31.4 Å². The molecule has 0 saturated heterocycles. The molecule has 4 N–H and O–H groups in total. The van der Waals surface area contributed by atoms with Crippen LogP contribution >= 0.6 is 12.2 Å². The van der Waals surface area contributed by atoms with Gasteiger partial charge in [-0.05, 0) is 48.6 Å². The van der Waals surface area contributed by atoms with E-state index in [2.05, 4.69) is 15.4 Å². The van der Waals surface area contributed by atoms with Gasteiger partial charge in [0, 0.05) is 6.07 Å². The first-order valence-electron chi connectivity index (χ1n) is 6.47. The minimum absolute atomic E-state index is 0.0516. The molecule has 6 nitrogen and oxygen atoms in total. The summed E-state index contributed by atoms with van der Waals surface area (Å²) >= 11 is 4.94. The molecule has 8 heteroatoms. The fourth-order valence-electron chi connectivity index (χ4n) is 1.65. The highest BCUT2D eigenvalue weighted by Crippen LogP contribution is 2.28. The van der Waals surface area contributed by atoms with Gasteiger partial charge in [0.1, 0.15) is 17.3 Å². The summed E-state index contributed by atoms with van der Waals surface area (Å²) in [7, 11) is 1.23. The van der Waals surface area contributed by atoms with E-state index in [1.54, 1.807) is 18.2 Å². The van der Waals surface area contributed by atoms with Gasteiger partial charge in [-0.25, -0.2) is 9.18 Å². The topological polar surface area (TPSA) is 85.6 Å². The van der Waals surface area contributed by atoms with Crippen molar-refractivity contribution in [2.75, 3.05) is 18.2 Å². The maximum Gasteiger partial charge on any atom is 0.413 e. The molecule has 23 heavy (non-hydrogen) atoms. The Hall–Kier alpha value is -2.87. The zero-order valence-electron chi connectivity index (χ0n) is 12.1. The van der Waals surface area contributed by atoms with E-state index in [0.717, 1.165) is 0 Å². The van der Waals surface area contributed by atoms with Gasteiger partial charge in [-0.3, -0.25) is 5.32 Å². The number of amides is 1. The van der Waals surface area contributed by atoms with Crippen LogP contribution in [0.5, 0.6) is 11.5 Å². The Labute approximate surface area is 137 Å². The quantitative estimate of drug-likeness (QED) is 0.590. The van der Waals surface area contributed by atoms with Crippen molar-refractivity contribution < 1.29 is 18.7 Å². The van der Waals surface area contributed by atoms with Gasteiger partial charge in [0.15, 0.2) is 5.11 Å². The molecule has 0 atom stereocenters. The molecule has 2 rings (SSSR count). The van der Waals surface area contributed by atoms with E-state index in [1.807, 2.05) is 0 Å². The minimum atomic E-state index is -0.683. The Morgan fingerprint density at radius 2 is 1.83 bits per heavy atom. The van der Waals surface area contributed by atoms with Gasteiger partial charge in [0.05, 0.1) is 18.5 Å². The first kappa shape index (κ1) is 16.5. The molecule has 0 unspecified atom stereocenters. The van der Waals surface area contributed by atoms with Gasteiger partial charge in [-0.2, -0.15) is 0 Å². The summed E-state index contributed by atoms with van der Waals surface area (Å²) in [5.41, 5.74) is 6.76. The standard InChI is InChI=1S/C15H14FN3O3S/c1-21-15(20)19-14(23)18-13-7-6-11(8-12(13)17)22-10-4-2-9(16)3-5-10/h2-8H,17H2,1H3,(H2,18,19,20,23). The third-order valence-electron chi connectivity index (χ3n) is 2.72. The molecule has 0 saturated carbocycles. The van der Waals surface area contributed by atoms with Crippen molar-refractivity contribution in [3.8, 4) is 11.5 Å². The molecule has 0 fully saturated rings. The molecule has 2 aromatic carbocycles. The molecule has 0 aliphatic heterocycles. The van der Waals surface area contributed by atoms with Gasteiger partial charge < -0.3 is 20.5 Å². The number of nitrogens with two attached hydrogens (primary N) is 1. The van der Waals surface area contributed by atoms with Crippen LogP contribution in [0.2, 0.25) is 0 Å². The van der Waals surface area contributed by atoms with Crippen LogP contribution in [0.4, 0.5) is 20.6 Å². The van der Waals surface area contributed by atoms with Crippen molar-refractivity contribution in [1.29, 1.82) is 0 Å². The maximum atomic E-state index is 12.8. The molecule has 0 aromatic heterocycles. The molecule has 120 valence electrons. The second kappa shape index (κ2) is 7.41. The van der Waals surface area contributed by atoms with E-state index in [4.69, 9.17) is 22.7 Å². The summed E-state index contributed by atoms with van der Waals surface area (Å²) < 4.78 is 22.8. The number of halogens is 1. The highest BCUT2D eigenvalue weighted by molar-refractivity contribution is 7.80. The predicted octanol–water partition coefficient (Wildman–Crippen LogP) is 3.25. The molecule has 0 bridgehead atoms. The lowest BCUT2D eigenvalue weighted by atomic mass is 10.2. The number of rotatable bonds is 3. The first-order valence-corrected chi connectivity index (χ1v) is 6.87. The highest BCUT2D eigenvalue weighted by atomic mass is 32.1. The molecular formula is C15H14FN3O3S. The SMILES string of the molecule is COC(=O)NC(=S)Nc1ccc(Oc2ccc(F)cc2)cc1N. The number of methoxy groups -OCH3 is 1. The van der Waals surface area contributed by atoms with E-state index in [0.29, 0.717) is 22.9 Å². The van der Waals surface area contributed by atoms with Gasteiger partial charge in [-0.15, -0.1) is 0 Å². The lowest BCUT2D eigenvalue weighted by Gasteiger charge is -2.12. The summed E-state index contributed by atoms with van der Waals surface area (Å²) in [6.45, 7) is 0. The number of alkyl carbamates (subject to hydrolysis) is 1. The van der Waals surface area contributed by atoms with Crippen molar-refractivity contribution in [3.63, 3.8) is 0 Å². The molecule has 0 aliphatic rings. The van der Waals surface area contributed by atoms with Crippen LogP contribution in [-0.4, -0.2) is 18.3 Å². The van der Waals surface area contributed by atoms with E-state index < -0.39 is 6.09 Å².